The van der Waals surface area contributed by atoms with Gasteiger partial charge in [-0.2, -0.15) is 0 Å². The fraction of sp³-hybridized carbons (Fsp3) is 0.368. The largest absolute Gasteiger partial charge is 0.491 e. The molecule has 0 unspecified atom stereocenters. The molecule has 0 aliphatic carbocycles. The van der Waals surface area contributed by atoms with Crippen LogP contribution in [0.2, 0.25) is 0 Å². The summed E-state index contributed by atoms with van der Waals surface area (Å²) in [6.07, 6.45) is -0.520. The Balaban J connectivity index is 1.84. The number of benzene rings is 2. The molecule has 2 rings (SSSR count). The normalized spacial score (nSPS) is 12.9. The summed E-state index contributed by atoms with van der Waals surface area (Å²) in [5.41, 5.74) is 2.34. The summed E-state index contributed by atoms with van der Waals surface area (Å²) >= 11 is 0. The molecule has 0 saturated heterocycles. The molecule has 0 saturated carbocycles. The number of rotatable bonds is 6. The van der Waals surface area contributed by atoms with Crippen molar-refractivity contribution in [1.82, 2.24) is 5.32 Å². The van der Waals surface area contributed by atoms with Gasteiger partial charge in [-0.3, -0.25) is 0 Å². The van der Waals surface area contributed by atoms with Crippen LogP contribution in [-0.4, -0.2) is 29.9 Å². The molecule has 3 nitrogen and oxygen atoms in total. The van der Waals surface area contributed by atoms with E-state index in [1.54, 1.807) is 0 Å². The van der Waals surface area contributed by atoms with E-state index in [0.717, 1.165) is 11.3 Å². The first-order chi connectivity index (χ1) is 10.4. The molecule has 0 aliphatic heterocycles. The van der Waals surface area contributed by atoms with Crippen LogP contribution in [0.3, 0.4) is 0 Å². The third-order valence-electron chi connectivity index (χ3n) is 3.27. The highest BCUT2D eigenvalue weighted by atomic mass is 16.5. The number of β-amino-alcohol motifs (C(OH)–C–C–N with tert-alkyl or cyclic N) is 1. The molecule has 0 spiro atoms. The summed E-state index contributed by atoms with van der Waals surface area (Å²) in [5, 5.41) is 13.2. The van der Waals surface area contributed by atoms with Gasteiger partial charge in [0.2, 0.25) is 0 Å². The van der Waals surface area contributed by atoms with Crippen molar-refractivity contribution in [2.24, 2.45) is 0 Å². The number of aliphatic hydroxyl groups excluding tert-OH is 1. The minimum atomic E-state index is -0.520. The highest BCUT2D eigenvalue weighted by Crippen LogP contribution is 2.22. The molecule has 118 valence electrons. The molecule has 3 heteroatoms. The van der Waals surface area contributed by atoms with Crippen molar-refractivity contribution in [3.05, 3.63) is 54.6 Å². The Bertz CT molecular complexity index is 558. The number of hydrogen-bond acceptors (Lipinski definition) is 3. The molecule has 2 N–H and O–H groups in total. The zero-order valence-corrected chi connectivity index (χ0v) is 13.5. The standard InChI is InChI=1S/C19H25NO2/c1-19(2,3)20-13-17(21)14-22-18-11-9-16(10-12-18)15-7-5-4-6-8-15/h4-12,17,20-21H,13-14H2,1-3H3/t17-/m1/s1. The fourth-order valence-electron chi connectivity index (χ4n) is 2.05. The van der Waals surface area contributed by atoms with Crippen molar-refractivity contribution in [2.45, 2.75) is 32.4 Å². The lowest BCUT2D eigenvalue weighted by atomic mass is 10.1. The molecular weight excluding hydrogens is 274 g/mol. The number of ether oxygens (including phenoxy) is 1. The van der Waals surface area contributed by atoms with Gasteiger partial charge in [0, 0.05) is 12.1 Å². The lowest BCUT2D eigenvalue weighted by Gasteiger charge is -2.23. The summed E-state index contributed by atoms with van der Waals surface area (Å²) < 4.78 is 5.63. The minimum Gasteiger partial charge on any atom is -0.491 e. The van der Waals surface area contributed by atoms with Crippen molar-refractivity contribution >= 4 is 0 Å². The van der Waals surface area contributed by atoms with Gasteiger partial charge in [-0.15, -0.1) is 0 Å². The van der Waals surface area contributed by atoms with Crippen LogP contribution < -0.4 is 10.1 Å². The quantitative estimate of drug-likeness (QED) is 0.858. The maximum absolute atomic E-state index is 9.92. The fourth-order valence-corrected chi connectivity index (χ4v) is 2.05. The third kappa shape index (κ3) is 5.51. The average Bonchev–Trinajstić information content (AvgIpc) is 2.51. The zero-order valence-electron chi connectivity index (χ0n) is 13.5. The highest BCUT2D eigenvalue weighted by Gasteiger charge is 2.12. The molecule has 0 bridgehead atoms. The van der Waals surface area contributed by atoms with Gasteiger partial charge >= 0.3 is 0 Å². The maximum Gasteiger partial charge on any atom is 0.119 e. The monoisotopic (exact) mass is 299 g/mol. The van der Waals surface area contributed by atoms with Gasteiger partial charge in [0.25, 0.3) is 0 Å². The molecule has 2 aromatic carbocycles. The van der Waals surface area contributed by atoms with E-state index in [4.69, 9.17) is 4.74 Å². The number of aliphatic hydroxyl groups is 1. The Morgan fingerprint density at radius 1 is 0.955 bits per heavy atom. The van der Waals surface area contributed by atoms with E-state index in [0.29, 0.717) is 6.54 Å². The van der Waals surface area contributed by atoms with Crippen LogP contribution >= 0.6 is 0 Å². The van der Waals surface area contributed by atoms with Crippen molar-refractivity contribution in [3.8, 4) is 16.9 Å². The van der Waals surface area contributed by atoms with Crippen LogP contribution in [-0.2, 0) is 0 Å². The predicted molar refractivity (Wildman–Crippen MR) is 91.1 cm³/mol. The summed E-state index contributed by atoms with van der Waals surface area (Å²) in [6, 6.07) is 18.2. The lowest BCUT2D eigenvalue weighted by molar-refractivity contribution is 0.100. The maximum atomic E-state index is 9.92. The Morgan fingerprint density at radius 3 is 2.14 bits per heavy atom. The molecule has 0 fully saturated rings. The van der Waals surface area contributed by atoms with Gasteiger partial charge in [-0.25, -0.2) is 0 Å². The van der Waals surface area contributed by atoms with Gasteiger partial charge in [0.1, 0.15) is 18.5 Å². The Hall–Kier alpha value is -1.84. The van der Waals surface area contributed by atoms with Crippen LogP contribution in [0, 0.1) is 0 Å². The van der Waals surface area contributed by atoms with Crippen LogP contribution in [0.4, 0.5) is 0 Å². The minimum absolute atomic E-state index is 0.00167. The topological polar surface area (TPSA) is 41.5 Å². The molecule has 2 aromatic rings. The lowest BCUT2D eigenvalue weighted by Crippen LogP contribution is -2.42. The Kier molecular flexibility index (Phi) is 5.58. The summed E-state index contributed by atoms with van der Waals surface area (Å²) in [6.45, 7) is 7.02. The first kappa shape index (κ1) is 16.5. The molecule has 0 amide bonds. The second-order valence-electron chi connectivity index (χ2n) is 6.49. The molecule has 1 atom stereocenters. The number of hydrogen-bond donors (Lipinski definition) is 2. The van der Waals surface area contributed by atoms with Crippen molar-refractivity contribution in [1.29, 1.82) is 0 Å². The second kappa shape index (κ2) is 7.43. The molecule has 0 heterocycles. The predicted octanol–water partition coefficient (Wildman–Crippen LogP) is 3.48. The van der Waals surface area contributed by atoms with E-state index < -0.39 is 6.10 Å². The van der Waals surface area contributed by atoms with E-state index in [1.165, 1.54) is 5.56 Å². The third-order valence-corrected chi connectivity index (χ3v) is 3.27. The van der Waals surface area contributed by atoms with E-state index in [9.17, 15) is 5.11 Å². The van der Waals surface area contributed by atoms with Crippen LogP contribution in [0.1, 0.15) is 20.8 Å². The van der Waals surface area contributed by atoms with Crippen molar-refractivity contribution < 1.29 is 9.84 Å². The molecule has 22 heavy (non-hydrogen) atoms. The number of nitrogens with one attached hydrogen (secondary N) is 1. The summed E-state index contributed by atoms with van der Waals surface area (Å²) in [4.78, 5) is 0. The first-order valence-electron chi connectivity index (χ1n) is 7.65. The van der Waals surface area contributed by atoms with Gasteiger partial charge in [-0.1, -0.05) is 42.5 Å². The smallest absolute Gasteiger partial charge is 0.119 e. The summed E-state index contributed by atoms with van der Waals surface area (Å²) in [7, 11) is 0. The van der Waals surface area contributed by atoms with E-state index in [-0.39, 0.29) is 12.1 Å². The van der Waals surface area contributed by atoms with Gasteiger partial charge in [0.15, 0.2) is 0 Å². The van der Waals surface area contributed by atoms with Crippen LogP contribution in [0.15, 0.2) is 54.6 Å². The SMILES string of the molecule is CC(C)(C)NC[C@@H](O)COc1ccc(-c2ccccc2)cc1. The Labute approximate surface area is 133 Å². The van der Waals surface area contributed by atoms with Crippen LogP contribution in [0.5, 0.6) is 5.75 Å². The van der Waals surface area contributed by atoms with Gasteiger partial charge < -0.3 is 15.2 Å². The van der Waals surface area contributed by atoms with Crippen LogP contribution in [0.25, 0.3) is 11.1 Å². The molecule has 0 radical (unpaired) electrons. The highest BCUT2D eigenvalue weighted by molar-refractivity contribution is 5.63. The van der Waals surface area contributed by atoms with E-state index >= 15 is 0 Å². The van der Waals surface area contributed by atoms with E-state index in [1.807, 2.05) is 42.5 Å². The molecule has 0 aliphatic rings. The zero-order chi connectivity index (χ0) is 16.0. The van der Waals surface area contributed by atoms with Crippen molar-refractivity contribution in [3.63, 3.8) is 0 Å². The van der Waals surface area contributed by atoms with Gasteiger partial charge in [-0.05, 0) is 44.0 Å². The van der Waals surface area contributed by atoms with Gasteiger partial charge in [0.05, 0.1) is 0 Å². The average molecular weight is 299 g/mol. The second-order valence-corrected chi connectivity index (χ2v) is 6.49. The van der Waals surface area contributed by atoms with E-state index in [2.05, 4.69) is 38.2 Å². The molecule has 0 aromatic heterocycles. The molecular formula is C19H25NO2. The first-order valence-corrected chi connectivity index (χ1v) is 7.65. The van der Waals surface area contributed by atoms with Crippen molar-refractivity contribution in [2.75, 3.05) is 13.2 Å². The Morgan fingerprint density at radius 2 is 1.55 bits per heavy atom. The summed E-state index contributed by atoms with van der Waals surface area (Å²) in [5.74, 6) is 0.773.